The Morgan fingerprint density at radius 2 is 1.73 bits per heavy atom. The maximum absolute atomic E-state index is 12.4. The van der Waals surface area contributed by atoms with Crippen LogP contribution < -0.4 is 10.2 Å². The molecule has 1 fully saturated rings. The molecule has 26 heavy (non-hydrogen) atoms. The number of rotatable bonds is 5. The molecule has 1 atom stereocenters. The fourth-order valence-corrected chi connectivity index (χ4v) is 3.76. The first kappa shape index (κ1) is 18.7. The van der Waals surface area contributed by atoms with Crippen molar-refractivity contribution in [3.8, 4) is 0 Å². The van der Waals surface area contributed by atoms with Gasteiger partial charge >= 0.3 is 0 Å². The van der Waals surface area contributed by atoms with Crippen LogP contribution in [0.25, 0.3) is 0 Å². The van der Waals surface area contributed by atoms with Crippen molar-refractivity contribution in [1.82, 2.24) is 10.2 Å². The van der Waals surface area contributed by atoms with Crippen LogP contribution in [0.1, 0.15) is 24.1 Å². The highest BCUT2D eigenvalue weighted by atomic mass is 35.5. The first-order valence-electron chi connectivity index (χ1n) is 9.11. The lowest BCUT2D eigenvalue weighted by molar-refractivity contribution is -0.123. The van der Waals surface area contributed by atoms with E-state index in [-0.39, 0.29) is 11.9 Å². The molecule has 1 amide bonds. The van der Waals surface area contributed by atoms with Gasteiger partial charge in [0.2, 0.25) is 5.91 Å². The van der Waals surface area contributed by atoms with Gasteiger partial charge in [0.15, 0.2) is 0 Å². The lowest BCUT2D eigenvalue weighted by atomic mass is 10.1. The molecule has 0 aliphatic carbocycles. The summed E-state index contributed by atoms with van der Waals surface area (Å²) in [5.74, 6) is 0.0433. The molecule has 0 spiro atoms. The lowest BCUT2D eigenvalue weighted by Gasteiger charge is -2.36. The minimum atomic E-state index is -0.0931. The number of anilines is 1. The van der Waals surface area contributed by atoms with Gasteiger partial charge < -0.3 is 10.2 Å². The van der Waals surface area contributed by atoms with E-state index in [4.69, 9.17) is 11.6 Å². The smallest absolute Gasteiger partial charge is 0.234 e. The number of halogens is 1. The Balaban J connectivity index is 1.49. The second-order valence-electron chi connectivity index (χ2n) is 6.86. The number of para-hydroxylation sites is 1. The summed E-state index contributed by atoms with van der Waals surface area (Å²) in [5, 5.41) is 3.74. The maximum atomic E-state index is 12.4. The van der Waals surface area contributed by atoms with E-state index in [9.17, 15) is 4.79 Å². The maximum Gasteiger partial charge on any atom is 0.234 e. The highest BCUT2D eigenvalue weighted by Gasteiger charge is 2.21. The topological polar surface area (TPSA) is 35.6 Å². The largest absolute Gasteiger partial charge is 0.369 e. The Kier molecular flexibility index (Phi) is 6.17. The first-order valence-corrected chi connectivity index (χ1v) is 9.49. The second-order valence-corrected chi connectivity index (χ2v) is 7.27. The average Bonchev–Trinajstić information content (AvgIpc) is 2.63. The molecular formula is C21H26ClN3O. The van der Waals surface area contributed by atoms with Crippen LogP contribution in [0.2, 0.25) is 5.02 Å². The third-order valence-electron chi connectivity index (χ3n) is 4.94. The summed E-state index contributed by atoms with van der Waals surface area (Å²) in [6.45, 7) is 8.21. The summed E-state index contributed by atoms with van der Waals surface area (Å²) >= 11 is 6.21. The molecular weight excluding hydrogens is 346 g/mol. The summed E-state index contributed by atoms with van der Waals surface area (Å²) in [7, 11) is 0. The normalized spacial score (nSPS) is 16.3. The van der Waals surface area contributed by atoms with Gasteiger partial charge in [-0.2, -0.15) is 0 Å². The van der Waals surface area contributed by atoms with Crippen molar-refractivity contribution in [1.29, 1.82) is 0 Å². The van der Waals surface area contributed by atoms with Gasteiger partial charge in [-0.15, -0.1) is 0 Å². The molecule has 138 valence electrons. The van der Waals surface area contributed by atoms with E-state index in [1.54, 1.807) is 0 Å². The predicted molar refractivity (Wildman–Crippen MR) is 108 cm³/mol. The van der Waals surface area contributed by atoms with Crippen LogP contribution in [-0.4, -0.2) is 43.5 Å². The fourth-order valence-electron chi connectivity index (χ4n) is 3.46. The average molecular weight is 372 g/mol. The molecule has 2 aromatic rings. The zero-order chi connectivity index (χ0) is 18.5. The van der Waals surface area contributed by atoms with Crippen molar-refractivity contribution >= 4 is 23.2 Å². The van der Waals surface area contributed by atoms with Crippen molar-refractivity contribution in [2.45, 2.75) is 19.9 Å². The summed E-state index contributed by atoms with van der Waals surface area (Å²) in [6.07, 6.45) is 0. The molecule has 2 aromatic carbocycles. The van der Waals surface area contributed by atoms with Crippen LogP contribution in [0.15, 0.2) is 48.5 Å². The van der Waals surface area contributed by atoms with Crippen molar-refractivity contribution in [3.05, 3.63) is 64.7 Å². The minimum absolute atomic E-state index is 0.0433. The molecule has 0 aromatic heterocycles. The molecule has 4 nitrogen and oxygen atoms in total. The molecule has 0 bridgehead atoms. The minimum Gasteiger partial charge on any atom is -0.369 e. The van der Waals surface area contributed by atoms with E-state index < -0.39 is 0 Å². The molecule has 3 rings (SSSR count). The van der Waals surface area contributed by atoms with E-state index in [1.165, 1.54) is 11.3 Å². The Labute approximate surface area is 160 Å². The van der Waals surface area contributed by atoms with Crippen molar-refractivity contribution in [2.24, 2.45) is 0 Å². The molecule has 1 N–H and O–H groups in total. The molecule has 1 heterocycles. The fraction of sp³-hybridized carbons (Fsp3) is 0.381. The van der Waals surface area contributed by atoms with Gasteiger partial charge in [0.25, 0.3) is 0 Å². The third-order valence-corrected chi connectivity index (χ3v) is 5.29. The van der Waals surface area contributed by atoms with Gasteiger partial charge in [0.05, 0.1) is 12.6 Å². The third kappa shape index (κ3) is 4.57. The summed E-state index contributed by atoms with van der Waals surface area (Å²) in [4.78, 5) is 17.0. The molecule has 5 heteroatoms. The number of hydrogen-bond donors (Lipinski definition) is 1. The number of carbonyl (C=O) groups excluding carboxylic acids is 1. The van der Waals surface area contributed by atoms with E-state index in [0.717, 1.165) is 31.7 Å². The van der Waals surface area contributed by atoms with Crippen molar-refractivity contribution < 1.29 is 4.79 Å². The molecule has 1 aliphatic rings. The van der Waals surface area contributed by atoms with Gasteiger partial charge in [-0.1, -0.05) is 48.0 Å². The van der Waals surface area contributed by atoms with Crippen LogP contribution in [0.5, 0.6) is 0 Å². The molecule has 0 radical (unpaired) electrons. The monoisotopic (exact) mass is 371 g/mol. The zero-order valence-corrected chi connectivity index (χ0v) is 16.2. The van der Waals surface area contributed by atoms with Crippen molar-refractivity contribution in [3.63, 3.8) is 0 Å². The number of aryl methyl sites for hydroxylation is 1. The number of nitrogens with one attached hydrogen (secondary N) is 1. The predicted octanol–water partition coefficient (Wildman–Crippen LogP) is 3.65. The standard InChI is InChI=1S/C21H26ClN3O/c1-16-7-3-6-10-20(16)25-13-11-24(12-14-25)15-21(26)23-17(2)18-8-4-5-9-19(18)22/h3-10,17H,11-15H2,1-2H3,(H,23,26)/t17-/m1/s1. The number of nitrogens with zero attached hydrogens (tertiary/aromatic N) is 2. The summed E-state index contributed by atoms with van der Waals surface area (Å²) < 4.78 is 0. The number of piperazine rings is 1. The van der Waals surface area contributed by atoms with E-state index >= 15 is 0 Å². The second kappa shape index (κ2) is 8.56. The van der Waals surface area contributed by atoms with Gasteiger partial charge in [-0.3, -0.25) is 9.69 Å². The Morgan fingerprint density at radius 3 is 2.42 bits per heavy atom. The van der Waals surface area contributed by atoms with E-state index in [2.05, 4.69) is 46.3 Å². The Hall–Kier alpha value is -2.04. The van der Waals surface area contributed by atoms with Crippen LogP contribution in [0.4, 0.5) is 5.69 Å². The Bertz CT molecular complexity index is 756. The van der Waals surface area contributed by atoms with E-state index in [0.29, 0.717) is 11.6 Å². The quantitative estimate of drug-likeness (QED) is 0.871. The van der Waals surface area contributed by atoms with Crippen molar-refractivity contribution in [2.75, 3.05) is 37.6 Å². The number of carbonyl (C=O) groups is 1. The van der Waals surface area contributed by atoms with Crippen LogP contribution >= 0.6 is 11.6 Å². The lowest BCUT2D eigenvalue weighted by Crippen LogP contribution is -2.49. The molecule has 0 unspecified atom stereocenters. The highest BCUT2D eigenvalue weighted by Crippen LogP contribution is 2.22. The number of hydrogen-bond acceptors (Lipinski definition) is 3. The SMILES string of the molecule is Cc1ccccc1N1CCN(CC(=O)N[C@H](C)c2ccccc2Cl)CC1. The van der Waals surface area contributed by atoms with E-state index in [1.807, 2.05) is 31.2 Å². The number of benzene rings is 2. The van der Waals surface area contributed by atoms with Crippen LogP contribution in [-0.2, 0) is 4.79 Å². The van der Waals surface area contributed by atoms with Crippen LogP contribution in [0.3, 0.4) is 0 Å². The zero-order valence-electron chi connectivity index (χ0n) is 15.4. The highest BCUT2D eigenvalue weighted by molar-refractivity contribution is 6.31. The molecule has 1 aliphatic heterocycles. The van der Waals surface area contributed by atoms with Gasteiger partial charge in [-0.05, 0) is 37.1 Å². The molecule has 1 saturated heterocycles. The van der Waals surface area contributed by atoms with Gasteiger partial charge in [0.1, 0.15) is 0 Å². The Morgan fingerprint density at radius 1 is 1.08 bits per heavy atom. The summed E-state index contributed by atoms with van der Waals surface area (Å²) in [5.41, 5.74) is 3.54. The van der Waals surface area contributed by atoms with Crippen LogP contribution in [0, 0.1) is 6.92 Å². The number of amides is 1. The summed E-state index contributed by atoms with van der Waals surface area (Å²) in [6, 6.07) is 16.0. The van der Waals surface area contributed by atoms with Gasteiger partial charge in [-0.25, -0.2) is 0 Å². The van der Waals surface area contributed by atoms with Gasteiger partial charge in [0, 0.05) is 36.9 Å². The molecule has 0 saturated carbocycles. The first-order chi connectivity index (χ1) is 12.5.